The summed E-state index contributed by atoms with van der Waals surface area (Å²) in [5.74, 6) is -0.482. The van der Waals surface area contributed by atoms with Crippen LogP contribution in [0.25, 0.3) is 0 Å². The molecule has 19 heavy (non-hydrogen) atoms. The number of hydrogen-bond donors (Lipinski definition) is 0. The number of piperidine rings is 1. The van der Waals surface area contributed by atoms with Crippen molar-refractivity contribution in [2.24, 2.45) is 13.0 Å². The number of likely N-dealkylation sites (tertiary alicyclic amines) is 1. The minimum atomic E-state index is -0.204. The van der Waals surface area contributed by atoms with Gasteiger partial charge in [0.15, 0.2) is 0 Å². The van der Waals surface area contributed by atoms with Gasteiger partial charge in [0.25, 0.3) is 5.91 Å². The number of ether oxygens (including phenoxy) is 1. The summed E-state index contributed by atoms with van der Waals surface area (Å²) in [5.41, 5.74) is 0.546. The third-order valence-electron chi connectivity index (χ3n) is 3.37. The molecule has 1 amide bonds. The Hall–Kier alpha value is -1.85. The molecule has 1 fully saturated rings. The summed E-state index contributed by atoms with van der Waals surface area (Å²) < 4.78 is 6.58. The van der Waals surface area contributed by atoms with E-state index in [9.17, 15) is 9.59 Å². The van der Waals surface area contributed by atoms with Crippen LogP contribution in [-0.4, -0.2) is 46.3 Å². The molecule has 1 aliphatic rings. The number of nitrogens with zero attached hydrogens (tertiary/aromatic N) is 3. The first-order chi connectivity index (χ1) is 9.13. The van der Waals surface area contributed by atoms with Gasteiger partial charge in [-0.15, -0.1) is 0 Å². The van der Waals surface area contributed by atoms with Crippen molar-refractivity contribution in [1.82, 2.24) is 14.7 Å². The van der Waals surface area contributed by atoms with Gasteiger partial charge in [-0.3, -0.25) is 14.3 Å². The van der Waals surface area contributed by atoms with E-state index in [-0.39, 0.29) is 17.8 Å². The fraction of sp³-hybridized carbons (Fsp3) is 0.615. The van der Waals surface area contributed by atoms with E-state index in [1.54, 1.807) is 35.8 Å². The van der Waals surface area contributed by atoms with Gasteiger partial charge in [0.2, 0.25) is 0 Å². The molecule has 2 rings (SSSR count). The lowest BCUT2D eigenvalue weighted by molar-refractivity contribution is -0.149. The van der Waals surface area contributed by atoms with Crippen molar-refractivity contribution in [1.29, 1.82) is 0 Å². The maximum Gasteiger partial charge on any atom is 0.310 e. The van der Waals surface area contributed by atoms with Crippen LogP contribution in [0.15, 0.2) is 12.3 Å². The molecular weight excluding hydrogens is 246 g/mol. The van der Waals surface area contributed by atoms with Crippen molar-refractivity contribution in [2.75, 3.05) is 19.7 Å². The number of aromatic nitrogens is 2. The predicted octanol–water partition coefficient (Wildman–Crippen LogP) is 0.835. The van der Waals surface area contributed by atoms with Crippen LogP contribution in [0.4, 0.5) is 0 Å². The molecule has 1 aromatic heterocycles. The van der Waals surface area contributed by atoms with E-state index in [2.05, 4.69) is 5.10 Å². The van der Waals surface area contributed by atoms with Crippen LogP contribution in [-0.2, 0) is 16.6 Å². The molecule has 1 aliphatic heterocycles. The van der Waals surface area contributed by atoms with Crippen molar-refractivity contribution < 1.29 is 14.3 Å². The van der Waals surface area contributed by atoms with E-state index in [0.717, 1.165) is 12.8 Å². The number of aryl methyl sites for hydroxylation is 1. The number of esters is 1. The van der Waals surface area contributed by atoms with Gasteiger partial charge in [-0.2, -0.15) is 5.10 Å². The number of carbonyl (C=O) groups excluding carboxylic acids is 2. The summed E-state index contributed by atoms with van der Waals surface area (Å²) in [6.07, 6.45) is 3.21. The lowest BCUT2D eigenvalue weighted by atomic mass is 9.98. The Morgan fingerprint density at radius 2 is 2.32 bits per heavy atom. The Labute approximate surface area is 112 Å². The third-order valence-corrected chi connectivity index (χ3v) is 3.37. The second kappa shape index (κ2) is 5.86. The van der Waals surface area contributed by atoms with Gasteiger partial charge in [-0.1, -0.05) is 0 Å². The first kappa shape index (κ1) is 13.6. The molecule has 6 nitrogen and oxygen atoms in total. The van der Waals surface area contributed by atoms with Crippen molar-refractivity contribution in [2.45, 2.75) is 19.8 Å². The van der Waals surface area contributed by atoms with E-state index in [1.807, 2.05) is 0 Å². The highest BCUT2D eigenvalue weighted by Gasteiger charge is 2.30. The van der Waals surface area contributed by atoms with E-state index < -0.39 is 0 Å². The van der Waals surface area contributed by atoms with Crippen LogP contribution in [0.2, 0.25) is 0 Å². The topological polar surface area (TPSA) is 64.4 Å². The quantitative estimate of drug-likeness (QED) is 0.760. The zero-order valence-electron chi connectivity index (χ0n) is 11.3. The molecule has 0 aliphatic carbocycles. The van der Waals surface area contributed by atoms with Crippen molar-refractivity contribution in [3.63, 3.8) is 0 Å². The van der Waals surface area contributed by atoms with Gasteiger partial charge in [0, 0.05) is 26.3 Å². The van der Waals surface area contributed by atoms with Crippen LogP contribution >= 0.6 is 0 Å². The normalized spacial score (nSPS) is 19.3. The zero-order chi connectivity index (χ0) is 13.8. The van der Waals surface area contributed by atoms with Crippen molar-refractivity contribution >= 4 is 11.9 Å². The molecule has 1 aromatic rings. The number of carbonyl (C=O) groups is 2. The molecule has 6 heteroatoms. The highest BCUT2D eigenvalue weighted by molar-refractivity contribution is 5.92. The van der Waals surface area contributed by atoms with Gasteiger partial charge >= 0.3 is 5.97 Å². The minimum Gasteiger partial charge on any atom is -0.466 e. The van der Waals surface area contributed by atoms with Gasteiger partial charge in [-0.05, 0) is 25.8 Å². The lowest BCUT2D eigenvalue weighted by Crippen LogP contribution is -2.43. The fourth-order valence-electron chi connectivity index (χ4n) is 2.36. The zero-order valence-corrected chi connectivity index (χ0v) is 11.3. The summed E-state index contributed by atoms with van der Waals surface area (Å²) in [6, 6.07) is 1.69. The summed E-state index contributed by atoms with van der Waals surface area (Å²) in [4.78, 5) is 25.8. The van der Waals surface area contributed by atoms with E-state index in [0.29, 0.717) is 25.4 Å². The highest BCUT2D eigenvalue weighted by atomic mass is 16.5. The van der Waals surface area contributed by atoms with Crippen LogP contribution in [0.3, 0.4) is 0 Å². The summed E-state index contributed by atoms with van der Waals surface area (Å²) in [5, 5.41) is 3.99. The van der Waals surface area contributed by atoms with Gasteiger partial charge < -0.3 is 9.64 Å². The first-order valence-corrected chi connectivity index (χ1v) is 6.57. The summed E-state index contributed by atoms with van der Waals surface area (Å²) in [7, 11) is 1.74. The first-order valence-electron chi connectivity index (χ1n) is 6.57. The Morgan fingerprint density at radius 3 is 2.95 bits per heavy atom. The monoisotopic (exact) mass is 265 g/mol. The number of hydrogen-bond acceptors (Lipinski definition) is 4. The lowest BCUT2D eigenvalue weighted by Gasteiger charge is -2.31. The molecule has 0 N–H and O–H groups in total. The molecule has 0 spiro atoms. The van der Waals surface area contributed by atoms with Crippen molar-refractivity contribution in [3.8, 4) is 0 Å². The van der Waals surface area contributed by atoms with Crippen LogP contribution in [0.1, 0.15) is 30.3 Å². The molecule has 2 heterocycles. The Morgan fingerprint density at radius 1 is 1.53 bits per heavy atom. The summed E-state index contributed by atoms with van der Waals surface area (Å²) in [6.45, 7) is 3.28. The Bertz CT molecular complexity index is 469. The molecule has 0 saturated carbocycles. The Balaban J connectivity index is 2.03. The van der Waals surface area contributed by atoms with Gasteiger partial charge in [0.05, 0.1) is 12.5 Å². The number of rotatable bonds is 3. The van der Waals surface area contributed by atoms with Crippen LogP contribution in [0, 0.1) is 5.92 Å². The molecule has 104 valence electrons. The van der Waals surface area contributed by atoms with Gasteiger partial charge in [0.1, 0.15) is 5.69 Å². The standard InChI is InChI=1S/C13H19N3O3/c1-3-19-13(18)10-5-4-8-16(9-10)12(17)11-6-7-14-15(11)2/h6-7,10H,3-5,8-9H2,1-2H3. The molecule has 0 bridgehead atoms. The van der Waals surface area contributed by atoms with E-state index in [4.69, 9.17) is 4.74 Å². The second-order valence-corrected chi connectivity index (χ2v) is 4.68. The van der Waals surface area contributed by atoms with Crippen molar-refractivity contribution in [3.05, 3.63) is 18.0 Å². The largest absolute Gasteiger partial charge is 0.466 e. The second-order valence-electron chi connectivity index (χ2n) is 4.68. The molecule has 1 saturated heterocycles. The number of amides is 1. The fourth-order valence-corrected chi connectivity index (χ4v) is 2.36. The SMILES string of the molecule is CCOC(=O)C1CCCN(C(=O)c2ccnn2C)C1. The predicted molar refractivity (Wildman–Crippen MR) is 68.5 cm³/mol. The highest BCUT2D eigenvalue weighted by Crippen LogP contribution is 2.19. The molecule has 0 aromatic carbocycles. The van der Waals surface area contributed by atoms with Gasteiger partial charge in [-0.25, -0.2) is 0 Å². The third kappa shape index (κ3) is 2.94. The van der Waals surface area contributed by atoms with Crippen LogP contribution in [0.5, 0.6) is 0 Å². The average molecular weight is 265 g/mol. The molecule has 0 radical (unpaired) electrons. The van der Waals surface area contributed by atoms with E-state index >= 15 is 0 Å². The summed E-state index contributed by atoms with van der Waals surface area (Å²) >= 11 is 0. The molecular formula is C13H19N3O3. The maximum atomic E-state index is 12.3. The Kier molecular flexibility index (Phi) is 4.19. The smallest absolute Gasteiger partial charge is 0.310 e. The average Bonchev–Trinajstić information content (AvgIpc) is 2.84. The maximum absolute atomic E-state index is 12.3. The van der Waals surface area contributed by atoms with E-state index in [1.165, 1.54) is 0 Å². The minimum absolute atomic E-state index is 0.0750. The van der Waals surface area contributed by atoms with Crippen LogP contribution < -0.4 is 0 Å². The molecule has 1 unspecified atom stereocenters. The molecule has 1 atom stereocenters.